The molecule has 94 valence electrons. The lowest BCUT2D eigenvalue weighted by Gasteiger charge is -2.06. The normalized spacial score (nSPS) is 14.7. The Morgan fingerprint density at radius 3 is 3.00 bits per heavy atom. The Morgan fingerprint density at radius 1 is 1.39 bits per heavy atom. The highest BCUT2D eigenvalue weighted by Gasteiger charge is 2.27. The quantitative estimate of drug-likeness (QED) is 0.853. The van der Waals surface area contributed by atoms with Crippen molar-refractivity contribution in [2.24, 2.45) is 0 Å². The van der Waals surface area contributed by atoms with Crippen molar-refractivity contribution in [3.05, 3.63) is 28.7 Å². The summed E-state index contributed by atoms with van der Waals surface area (Å²) >= 11 is 3.41. The van der Waals surface area contributed by atoms with Crippen molar-refractivity contribution in [1.29, 1.82) is 0 Å². The zero-order chi connectivity index (χ0) is 12.4. The highest BCUT2D eigenvalue weighted by Crippen LogP contribution is 2.38. The molecule has 1 saturated carbocycles. The highest BCUT2D eigenvalue weighted by molar-refractivity contribution is 9.10. The van der Waals surface area contributed by atoms with Crippen molar-refractivity contribution >= 4 is 21.7 Å². The third-order valence-corrected chi connectivity index (χ3v) is 3.11. The molecule has 1 fully saturated rings. The molecule has 2 heterocycles. The molecule has 0 amide bonds. The van der Waals surface area contributed by atoms with Gasteiger partial charge in [0.05, 0.1) is 0 Å². The van der Waals surface area contributed by atoms with Crippen molar-refractivity contribution in [3.63, 3.8) is 0 Å². The van der Waals surface area contributed by atoms with E-state index in [-0.39, 0.29) is 0 Å². The highest BCUT2D eigenvalue weighted by atomic mass is 79.9. The van der Waals surface area contributed by atoms with Crippen LogP contribution in [-0.2, 0) is 6.42 Å². The zero-order valence-electron chi connectivity index (χ0n) is 9.64. The van der Waals surface area contributed by atoms with Crippen LogP contribution < -0.4 is 5.32 Å². The molecule has 0 spiro atoms. The minimum Gasteiger partial charge on any atom is -0.369 e. The molecule has 2 aromatic heterocycles. The molecule has 1 N–H and O–H groups in total. The maximum Gasteiger partial charge on any atom is 0.228 e. The number of aromatic nitrogens is 4. The molecular formula is C11H12BrN5O. The third-order valence-electron chi connectivity index (χ3n) is 2.71. The first-order valence-corrected chi connectivity index (χ1v) is 6.64. The summed E-state index contributed by atoms with van der Waals surface area (Å²) in [6.07, 6.45) is 4.47. The Balaban J connectivity index is 1.61. The second kappa shape index (κ2) is 5.01. The molecule has 2 aromatic rings. The maximum atomic E-state index is 4.92. The molecule has 0 atom stereocenters. The van der Waals surface area contributed by atoms with Crippen molar-refractivity contribution in [2.45, 2.75) is 25.2 Å². The lowest BCUT2D eigenvalue weighted by molar-refractivity contribution is 0.379. The second-order valence-electron chi connectivity index (χ2n) is 4.22. The molecule has 0 bridgehead atoms. The van der Waals surface area contributed by atoms with Gasteiger partial charge >= 0.3 is 0 Å². The van der Waals surface area contributed by atoms with Gasteiger partial charge in [0, 0.05) is 24.9 Å². The van der Waals surface area contributed by atoms with Gasteiger partial charge in [-0.3, -0.25) is 0 Å². The van der Waals surface area contributed by atoms with Crippen LogP contribution in [0.25, 0.3) is 0 Å². The monoisotopic (exact) mass is 309 g/mol. The Kier molecular flexibility index (Phi) is 3.22. The number of nitrogens with one attached hydrogen (secondary N) is 1. The van der Waals surface area contributed by atoms with Gasteiger partial charge in [-0.25, -0.2) is 9.97 Å². The summed E-state index contributed by atoms with van der Waals surface area (Å²) in [6, 6.07) is 1.87. The Labute approximate surface area is 112 Å². The molecule has 1 aliphatic carbocycles. The van der Waals surface area contributed by atoms with E-state index in [0.717, 1.165) is 16.2 Å². The van der Waals surface area contributed by atoms with Gasteiger partial charge in [-0.15, -0.1) is 0 Å². The van der Waals surface area contributed by atoms with E-state index in [1.165, 1.54) is 19.2 Å². The van der Waals surface area contributed by atoms with Gasteiger partial charge in [-0.1, -0.05) is 5.16 Å². The smallest absolute Gasteiger partial charge is 0.228 e. The summed E-state index contributed by atoms with van der Waals surface area (Å²) in [7, 11) is 0. The van der Waals surface area contributed by atoms with E-state index in [4.69, 9.17) is 4.52 Å². The summed E-state index contributed by atoms with van der Waals surface area (Å²) in [6.45, 7) is 0.704. The van der Waals surface area contributed by atoms with Crippen LogP contribution in [0.5, 0.6) is 0 Å². The Hall–Kier alpha value is -1.50. The average Bonchev–Trinajstić information content (AvgIpc) is 3.08. The lowest BCUT2D eigenvalue weighted by atomic mass is 10.4. The Morgan fingerprint density at radius 2 is 2.28 bits per heavy atom. The minimum absolute atomic E-state index is 0.541. The molecule has 0 aliphatic heterocycles. The van der Waals surface area contributed by atoms with Crippen molar-refractivity contribution in [3.8, 4) is 0 Å². The first kappa shape index (κ1) is 11.6. The van der Waals surface area contributed by atoms with E-state index < -0.39 is 0 Å². The summed E-state index contributed by atoms with van der Waals surface area (Å²) < 4.78 is 5.74. The summed E-state index contributed by atoms with van der Waals surface area (Å²) in [5.74, 6) is 2.92. The van der Waals surface area contributed by atoms with Gasteiger partial charge in [0.1, 0.15) is 16.2 Å². The maximum absolute atomic E-state index is 4.92. The summed E-state index contributed by atoms with van der Waals surface area (Å²) in [4.78, 5) is 12.8. The van der Waals surface area contributed by atoms with E-state index >= 15 is 0 Å². The summed E-state index contributed by atoms with van der Waals surface area (Å²) in [5.41, 5.74) is 0. The van der Waals surface area contributed by atoms with Gasteiger partial charge < -0.3 is 9.84 Å². The fourth-order valence-electron chi connectivity index (χ4n) is 1.65. The molecular weight excluding hydrogens is 298 g/mol. The average molecular weight is 310 g/mol. The van der Waals surface area contributed by atoms with Crippen LogP contribution in [-0.4, -0.2) is 26.7 Å². The number of halogens is 1. The van der Waals surface area contributed by atoms with Crippen LogP contribution in [0, 0.1) is 0 Å². The van der Waals surface area contributed by atoms with E-state index in [2.05, 4.69) is 41.4 Å². The minimum atomic E-state index is 0.541. The van der Waals surface area contributed by atoms with Crippen LogP contribution in [0.1, 0.15) is 30.5 Å². The van der Waals surface area contributed by atoms with Gasteiger partial charge in [-0.2, -0.15) is 4.98 Å². The van der Waals surface area contributed by atoms with E-state index in [1.54, 1.807) is 0 Å². The fraction of sp³-hybridized carbons (Fsp3) is 0.455. The van der Waals surface area contributed by atoms with Gasteiger partial charge in [-0.05, 0) is 28.8 Å². The molecule has 3 rings (SSSR count). The lowest BCUT2D eigenvalue weighted by Crippen LogP contribution is -2.08. The first-order valence-electron chi connectivity index (χ1n) is 5.85. The molecule has 18 heavy (non-hydrogen) atoms. The molecule has 0 saturated heterocycles. The number of hydrogen-bond donors (Lipinski definition) is 1. The molecule has 7 heteroatoms. The van der Waals surface area contributed by atoms with Crippen LogP contribution in [0.3, 0.4) is 0 Å². The zero-order valence-corrected chi connectivity index (χ0v) is 11.2. The molecule has 0 unspecified atom stereocenters. The van der Waals surface area contributed by atoms with E-state index in [0.29, 0.717) is 24.8 Å². The van der Waals surface area contributed by atoms with Crippen LogP contribution in [0.2, 0.25) is 0 Å². The second-order valence-corrected chi connectivity index (χ2v) is 5.03. The molecule has 0 radical (unpaired) electrons. The number of rotatable bonds is 5. The first-order chi connectivity index (χ1) is 8.81. The molecule has 0 aromatic carbocycles. The predicted octanol–water partition coefficient (Wildman–Crippen LogP) is 2.15. The number of nitrogens with zero attached hydrogens (tertiary/aromatic N) is 4. The van der Waals surface area contributed by atoms with Crippen LogP contribution in [0.4, 0.5) is 5.82 Å². The van der Waals surface area contributed by atoms with E-state index in [9.17, 15) is 0 Å². The van der Waals surface area contributed by atoms with Gasteiger partial charge in [0.15, 0.2) is 6.33 Å². The molecule has 1 aliphatic rings. The SMILES string of the molecule is Brc1cc(NCCc2ncno2)nc(C2CC2)n1. The van der Waals surface area contributed by atoms with Crippen LogP contribution in [0.15, 0.2) is 21.5 Å². The van der Waals surface area contributed by atoms with E-state index in [1.807, 2.05) is 6.07 Å². The van der Waals surface area contributed by atoms with Gasteiger partial charge in [0.25, 0.3) is 0 Å². The van der Waals surface area contributed by atoms with Gasteiger partial charge in [0.2, 0.25) is 5.89 Å². The Bertz CT molecular complexity index is 526. The predicted molar refractivity (Wildman–Crippen MR) is 68.2 cm³/mol. The summed E-state index contributed by atoms with van der Waals surface area (Å²) in [5, 5.41) is 6.80. The van der Waals surface area contributed by atoms with Crippen molar-refractivity contribution in [2.75, 3.05) is 11.9 Å². The topological polar surface area (TPSA) is 76.7 Å². The van der Waals surface area contributed by atoms with Crippen molar-refractivity contribution in [1.82, 2.24) is 20.1 Å². The molecule has 6 nitrogen and oxygen atoms in total. The van der Waals surface area contributed by atoms with Crippen LogP contribution >= 0.6 is 15.9 Å². The standard InChI is InChI=1S/C11H12BrN5O/c12-8-5-9(17-11(16-8)7-1-2-7)13-4-3-10-14-6-15-18-10/h5-7H,1-4H2,(H,13,16,17). The number of hydrogen-bond acceptors (Lipinski definition) is 6. The largest absolute Gasteiger partial charge is 0.369 e. The fourth-order valence-corrected chi connectivity index (χ4v) is 2.05. The van der Waals surface area contributed by atoms with Crippen molar-refractivity contribution < 1.29 is 4.52 Å². The third kappa shape index (κ3) is 2.84. The number of anilines is 1.